The second kappa shape index (κ2) is 10.1. The molecule has 1 aliphatic heterocycles. The van der Waals surface area contributed by atoms with Crippen LogP contribution in [0.15, 0.2) is 67.1 Å². The van der Waals surface area contributed by atoms with Crippen LogP contribution in [0.2, 0.25) is 0 Å². The highest BCUT2D eigenvalue weighted by atomic mass is 32.2. The van der Waals surface area contributed by atoms with Crippen molar-refractivity contribution in [1.82, 2.24) is 24.1 Å². The Morgan fingerprint density at radius 2 is 1.89 bits per heavy atom. The fourth-order valence-corrected chi connectivity index (χ4v) is 5.41. The highest BCUT2D eigenvalue weighted by Gasteiger charge is 2.32. The second-order valence-electron chi connectivity index (χ2n) is 8.35. The van der Waals surface area contributed by atoms with Crippen LogP contribution in [0.3, 0.4) is 0 Å². The maximum atomic E-state index is 12.6. The summed E-state index contributed by atoms with van der Waals surface area (Å²) >= 11 is 0. The molecule has 1 fully saturated rings. The lowest BCUT2D eigenvalue weighted by atomic mass is 10.1. The Morgan fingerprint density at radius 1 is 1.11 bits per heavy atom. The molecule has 182 valence electrons. The van der Waals surface area contributed by atoms with E-state index in [-0.39, 0.29) is 25.4 Å². The van der Waals surface area contributed by atoms with Crippen molar-refractivity contribution in [3.8, 4) is 22.8 Å². The van der Waals surface area contributed by atoms with Crippen molar-refractivity contribution in [2.45, 2.75) is 32.2 Å². The van der Waals surface area contributed by atoms with E-state index in [1.807, 2.05) is 61.5 Å². The van der Waals surface area contributed by atoms with Crippen molar-refractivity contribution < 1.29 is 18.7 Å². The summed E-state index contributed by atoms with van der Waals surface area (Å²) in [5.74, 6) is 1.41. The zero-order valence-electron chi connectivity index (χ0n) is 20.4. The summed E-state index contributed by atoms with van der Waals surface area (Å²) in [4.78, 5) is 8.48. The molecular weight excluding hydrogens is 466 g/mol. The van der Waals surface area contributed by atoms with Crippen LogP contribution in [-0.4, -0.2) is 52.2 Å². The van der Waals surface area contributed by atoms with Gasteiger partial charge in [0.2, 0.25) is 0 Å². The minimum Gasteiger partial charge on any atom is -0.457 e. The Labute approximate surface area is 206 Å². The normalized spacial score (nSPS) is 17.4. The van der Waals surface area contributed by atoms with Crippen molar-refractivity contribution in [2.24, 2.45) is 0 Å². The largest absolute Gasteiger partial charge is 0.457 e. The molecule has 5 rings (SSSR count). The molecule has 3 heterocycles. The van der Waals surface area contributed by atoms with E-state index in [9.17, 15) is 8.42 Å². The van der Waals surface area contributed by atoms with Gasteiger partial charge < -0.3 is 4.74 Å². The average molecular weight is 495 g/mol. The molecule has 2 aromatic carbocycles. The summed E-state index contributed by atoms with van der Waals surface area (Å²) in [5.41, 5.74) is 1.87. The quantitative estimate of drug-likeness (QED) is 0.353. The lowest BCUT2D eigenvalue weighted by Crippen LogP contribution is -2.41. The zero-order chi connectivity index (χ0) is 25.1. The van der Waals surface area contributed by atoms with E-state index >= 15 is 0 Å². The maximum Gasteiger partial charge on any atom is 0.338 e. The number of benzene rings is 2. The highest BCUT2D eigenvalue weighted by molar-refractivity contribution is 7.84. The lowest BCUT2D eigenvalue weighted by molar-refractivity contribution is 0.213. The zero-order valence-corrected chi connectivity index (χ0v) is 20.2. The number of rotatable bonds is 8. The molecule has 0 spiro atoms. The Kier molecular flexibility index (Phi) is 6.39. The van der Waals surface area contributed by atoms with Crippen molar-refractivity contribution in [3.05, 3.63) is 67.1 Å². The third-order valence-electron chi connectivity index (χ3n) is 5.86. The van der Waals surface area contributed by atoms with Crippen molar-refractivity contribution in [1.29, 1.82) is 0 Å². The minimum absolute atomic E-state index is 0.0671. The van der Waals surface area contributed by atoms with Gasteiger partial charge in [0.1, 0.15) is 23.5 Å². The fourth-order valence-electron chi connectivity index (χ4n) is 4.18. The van der Waals surface area contributed by atoms with Crippen LogP contribution >= 0.6 is 0 Å². The van der Waals surface area contributed by atoms with Gasteiger partial charge in [-0.25, -0.2) is 14.6 Å². The van der Waals surface area contributed by atoms with E-state index in [1.165, 1.54) is 10.6 Å². The van der Waals surface area contributed by atoms with Gasteiger partial charge in [-0.3, -0.25) is 4.18 Å². The van der Waals surface area contributed by atoms with E-state index < -0.39 is 10.3 Å². The van der Waals surface area contributed by atoms with Crippen molar-refractivity contribution in [2.75, 3.05) is 19.7 Å². The summed E-state index contributed by atoms with van der Waals surface area (Å²) in [6, 6.07) is 16.7. The molecule has 0 bridgehead atoms. The first-order chi connectivity index (χ1) is 17.5. The number of hydrogen-bond donors (Lipinski definition) is 0. The maximum absolute atomic E-state index is 12.6. The van der Waals surface area contributed by atoms with Gasteiger partial charge in [0.25, 0.3) is 0 Å². The van der Waals surface area contributed by atoms with Crippen molar-refractivity contribution >= 4 is 21.3 Å². The number of aromatic nitrogens is 4. The topological polar surface area (TPSA) is 99.4 Å². The Morgan fingerprint density at radius 3 is 2.66 bits per heavy atom. The number of piperidine rings is 1. The number of fused-ring (bicyclic) bond motifs is 1. The van der Waals surface area contributed by atoms with Gasteiger partial charge in [-0.15, -0.1) is 0 Å². The number of ether oxygens (including phenoxy) is 1. The Bertz CT molecular complexity index is 1440. The SMILES string of the molecule is [2H]c1ncnc2c1c(-c1ccc(Oc3ccccc3)cc1)nn2[C@@H]1CCCN(S(=O)(=O)OCCC)C1. The number of para-hydroxylation sites is 1. The number of nitrogens with zero attached hydrogens (tertiary/aromatic N) is 5. The predicted octanol–water partition coefficient (Wildman–Crippen LogP) is 4.59. The van der Waals surface area contributed by atoms with Gasteiger partial charge in [0.05, 0.1) is 19.4 Å². The monoisotopic (exact) mass is 494 g/mol. The standard InChI is InChI=1S/C25H27N5O4S/c1-2-15-33-35(31,32)29-14-6-7-20(17-29)30-25-23(16-26-18-27-25)24(28-30)19-10-12-22(13-11-19)34-21-8-4-3-5-9-21/h3-5,8-13,16,18,20H,2,6-7,14-15,17H2,1H3/t20-/m1/s1/i16D. The van der Waals surface area contributed by atoms with Crippen LogP contribution in [0.5, 0.6) is 11.5 Å². The van der Waals surface area contributed by atoms with Gasteiger partial charge in [-0.1, -0.05) is 25.1 Å². The molecule has 0 amide bonds. The van der Waals surface area contributed by atoms with Crippen LogP contribution in [0.4, 0.5) is 0 Å². The minimum atomic E-state index is -3.82. The molecule has 1 atom stereocenters. The molecule has 0 unspecified atom stereocenters. The van der Waals surface area contributed by atoms with Gasteiger partial charge >= 0.3 is 10.3 Å². The summed E-state index contributed by atoms with van der Waals surface area (Å²) in [6.07, 6.45) is 3.42. The predicted molar refractivity (Wildman–Crippen MR) is 132 cm³/mol. The van der Waals surface area contributed by atoms with Gasteiger partial charge in [-0.2, -0.15) is 17.8 Å². The summed E-state index contributed by atoms with van der Waals surface area (Å²) in [5, 5.41) is 5.35. The van der Waals surface area contributed by atoms with Crippen LogP contribution in [0.25, 0.3) is 22.3 Å². The van der Waals surface area contributed by atoms with Crippen LogP contribution in [0.1, 0.15) is 33.6 Å². The summed E-state index contributed by atoms with van der Waals surface area (Å²) in [6.45, 7) is 2.64. The van der Waals surface area contributed by atoms with Crippen LogP contribution in [-0.2, 0) is 14.5 Å². The molecule has 2 aromatic heterocycles. The van der Waals surface area contributed by atoms with Crippen LogP contribution < -0.4 is 4.74 Å². The molecule has 0 aliphatic carbocycles. The molecular formula is C25H27N5O4S. The molecule has 1 saturated heterocycles. The Balaban J connectivity index is 1.47. The average Bonchev–Trinajstić information content (AvgIpc) is 3.30. The van der Waals surface area contributed by atoms with E-state index in [1.54, 1.807) is 4.68 Å². The fraction of sp³-hybridized carbons (Fsp3) is 0.320. The molecule has 9 nitrogen and oxygen atoms in total. The first-order valence-corrected chi connectivity index (χ1v) is 13.0. The first-order valence-electron chi connectivity index (χ1n) is 12.1. The van der Waals surface area contributed by atoms with Crippen molar-refractivity contribution in [3.63, 3.8) is 0 Å². The smallest absolute Gasteiger partial charge is 0.338 e. The van der Waals surface area contributed by atoms with E-state index in [4.69, 9.17) is 15.4 Å². The number of hydrogen-bond acceptors (Lipinski definition) is 7. The lowest BCUT2D eigenvalue weighted by Gasteiger charge is -2.31. The molecule has 0 N–H and O–H groups in total. The third kappa shape index (κ3) is 5.04. The Hall–Kier alpha value is -3.34. The third-order valence-corrected chi connectivity index (χ3v) is 7.29. The van der Waals surface area contributed by atoms with Gasteiger partial charge in [-0.05, 0) is 55.7 Å². The molecule has 4 aromatic rings. The molecule has 10 heteroatoms. The molecule has 0 radical (unpaired) electrons. The van der Waals surface area contributed by atoms with E-state index in [0.717, 1.165) is 17.7 Å². The molecule has 1 aliphatic rings. The summed E-state index contributed by atoms with van der Waals surface area (Å²) < 4.78 is 47.8. The molecule has 0 saturated carbocycles. The summed E-state index contributed by atoms with van der Waals surface area (Å²) in [7, 11) is -3.82. The van der Waals surface area contributed by atoms with Gasteiger partial charge in [0, 0.05) is 24.8 Å². The molecule has 35 heavy (non-hydrogen) atoms. The van der Waals surface area contributed by atoms with Crippen LogP contribution in [0, 0.1) is 0 Å². The van der Waals surface area contributed by atoms with E-state index in [0.29, 0.717) is 41.9 Å². The van der Waals surface area contributed by atoms with Gasteiger partial charge in [0.15, 0.2) is 5.65 Å². The van der Waals surface area contributed by atoms with E-state index in [2.05, 4.69) is 9.97 Å². The highest BCUT2D eigenvalue weighted by Crippen LogP contribution is 2.33. The second-order valence-corrected chi connectivity index (χ2v) is 9.96. The first kappa shape index (κ1) is 22.1.